The summed E-state index contributed by atoms with van der Waals surface area (Å²) in [5.74, 6) is 0. The van der Waals surface area contributed by atoms with Crippen LogP contribution in [0.15, 0.2) is 0 Å². The summed E-state index contributed by atoms with van der Waals surface area (Å²) in [6.45, 7) is 0. The Hall–Kier alpha value is 1.07. The predicted octanol–water partition coefficient (Wildman–Crippen LogP) is -3.65. The van der Waals surface area contributed by atoms with Gasteiger partial charge in [0.2, 0.25) is 0 Å². The summed E-state index contributed by atoms with van der Waals surface area (Å²) in [6.07, 6.45) is 0. The van der Waals surface area contributed by atoms with Gasteiger partial charge >= 0.3 is 37.4 Å². The van der Waals surface area contributed by atoms with Gasteiger partial charge in [-0.25, -0.2) is 0 Å². The Balaban J connectivity index is 0.000000360. The Morgan fingerprint density at radius 1 is 1.43 bits per heavy atom. The molecule has 0 N–H and O–H groups in total. The van der Waals surface area contributed by atoms with Crippen molar-refractivity contribution in [2.45, 2.75) is 0 Å². The molecule has 7 heavy (non-hydrogen) atoms. The van der Waals surface area contributed by atoms with Crippen LogP contribution >= 0.6 is 7.82 Å². The molecule has 1 fully saturated rings. The van der Waals surface area contributed by atoms with Crippen molar-refractivity contribution in [2.75, 3.05) is 0 Å². The van der Waals surface area contributed by atoms with Crippen LogP contribution in [-0.4, -0.2) is 0 Å². The minimum absolute atomic E-state index is 0. The molecule has 5 nitrogen and oxygen atoms in total. The van der Waals surface area contributed by atoms with E-state index in [1.54, 1.807) is 0 Å². The third-order valence-electron chi connectivity index (χ3n) is 0.243. The summed E-state index contributed by atoms with van der Waals surface area (Å²) < 4.78 is 16.3. The van der Waals surface area contributed by atoms with Gasteiger partial charge in [0.15, 0.2) is 0 Å². The molecule has 0 aromatic heterocycles. The third kappa shape index (κ3) is 2.21. The maximum atomic E-state index is 9.55. The molecule has 0 saturated carbocycles. The van der Waals surface area contributed by atoms with Crippen LogP contribution in [0, 0.1) is 0 Å². The first-order valence-corrected chi connectivity index (χ1v) is 2.52. The molecule has 0 aromatic rings. The number of hydrogen-bond donors (Lipinski definition) is 0. The summed E-state index contributed by atoms with van der Waals surface area (Å²) in [5.41, 5.74) is 0. The van der Waals surface area contributed by atoms with E-state index < -0.39 is 7.82 Å². The smallest absolute Gasteiger partial charge is 0.753 e. The van der Waals surface area contributed by atoms with Crippen LogP contribution in [0.5, 0.6) is 0 Å². The largest absolute Gasteiger partial charge is 1.00 e. The molecule has 1 rings (SSSR count). The molecule has 1 aliphatic heterocycles. The van der Waals surface area contributed by atoms with E-state index in [0.29, 0.717) is 0 Å². The zero-order chi connectivity index (χ0) is 4.62. The Kier molecular flexibility index (Phi) is 2.96. The number of rotatable bonds is 0. The van der Waals surface area contributed by atoms with Gasteiger partial charge in [-0.1, -0.05) is 5.04 Å². The Labute approximate surface area is 61.3 Å². The average molecular weight is 134 g/mol. The fourth-order valence-electron chi connectivity index (χ4n) is 0.0801. The Bertz CT molecular complexity index is 90.3. The zero-order valence-electron chi connectivity index (χ0n) is 3.49. The van der Waals surface area contributed by atoms with E-state index in [1.807, 2.05) is 0 Å². The van der Waals surface area contributed by atoms with Gasteiger partial charge in [0.05, 0.1) is 0 Å². The van der Waals surface area contributed by atoms with Crippen LogP contribution in [0.2, 0.25) is 0 Å². The number of phosphoric acid groups is 1. The van der Waals surface area contributed by atoms with Crippen molar-refractivity contribution in [3.63, 3.8) is 0 Å². The first-order valence-electron chi connectivity index (χ1n) is 1.06. The standard InChI is InChI=1S/Na.HO5P/c;1-6(2)4-3-5-6/h;(H,1,2)/q+1;/p-1. The van der Waals surface area contributed by atoms with Crippen molar-refractivity contribution in [2.24, 2.45) is 0 Å². The number of hydrogen-bond acceptors (Lipinski definition) is 5. The van der Waals surface area contributed by atoms with Crippen molar-refractivity contribution in [1.82, 2.24) is 0 Å². The van der Waals surface area contributed by atoms with Gasteiger partial charge < -0.3 is 4.89 Å². The van der Waals surface area contributed by atoms with E-state index in [1.165, 1.54) is 0 Å². The van der Waals surface area contributed by atoms with Gasteiger partial charge in [-0.15, -0.1) is 9.35 Å². The van der Waals surface area contributed by atoms with Crippen LogP contribution in [0.1, 0.15) is 0 Å². The molecule has 0 aliphatic carbocycles. The predicted molar refractivity (Wildman–Crippen MR) is 10.9 cm³/mol. The first kappa shape index (κ1) is 8.07. The van der Waals surface area contributed by atoms with E-state index in [2.05, 4.69) is 14.4 Å². The van der Waals surface area contributed by atoms with E-state index in [0.717, 1.165) is 0 Å². The monoisotopic (exact) mass is 134 g/mol. The summed E-state index contributed by atoms with van der Waals surface area (Å²) >= 11 is 0. The van der Waals surface area contributed by atoms with E-state index in [4.69, 9.17) is 0 Å². The minimum atomic E-state index is -3.94. The molecular weight excluding hydrogens is 134 g/mol. The van der Waals surface area contributed by atoms with Crippen molar-refractivity contribution < 1.29 is 53.4 Å². The van der Waals surface area contributed by atoms with Gasteiger partial charge in [-0.3, -0.25) is 4.57 Å². The van der Waals surface area contributed by atoms with Gasteiger partial charge in [0, 0.05) is 0 Å². The molecule has 0 amide bonds. The molecule has 0 spiro atoms. The first-order chi connectivity index (χ1) is 2.71. The Morgan fingerprint density at radius 3 is 1.71 bits per heavy atom. The quantitative estimate of drug-likeness (QED) is 0.194. The van der Waals surface area contributed by atoms with Crippen molar-refractivity contribution >= 4 is 7.82 Å². The molecule has 0 aromatic carbocycles. The second-order valence-corrected chi connectivity index (χ2v) is 1.86. The molecule has 1 aliphatic rings. The molecule has 0 radical (unpaired) electrons. The third-order valence-corrected chi connectivity index (χ3v) is 0.730. The topological polar surface area (TPSA) is 67.8 Å². The molecule has 1 heterocycles. The second-order valence-electron chi connectivity index (χ2n) is 0.664. The van der Waals surface area contributed by atoms with Crippen LogP contribution in [0.3, 0.4) is 0 Å². The zero-order valence-corrected chi connectivity index (χ0v) is 6.38. The molecule has 0 bridgehead atoms. The van der Waals surface area contributed by atoms with Crippen molar-refractivity contribution in [3.8, 4) is 0 Å². The molecular formula is NaO5P. The van der Waals surface area contributed by atoms with Gasteiger partial charge in [0.25, 0.3) is 0 Å². The second kappa shape index (κ2) is 2.57. The van der Waals surface area contributed by atoms with Gasteiger partial charge in [0.1, 0.15) is 0 Å². The normalized spacial score (nSPS) is 24.7. The van der Waals surface area contributed by atoms with Crippen LogP contribution in [-0.2, 0) is 19.0 Å². The van der Waals surface area contributed by atoms with Gasteiger partial charge in [-0.05, 0) is 0 Å². The van der Waals surface area contributed by atoms with Crippen molar-refractivity contribution in [1.29, 1.82) is 0 Å². The average Bonchev–Trinajstić information content (AvgIpc) is 1.32. The van der Waals surface area contributed by atoms with Crippen LogP contribution < -0.4 is 34.5 Å². The van der Waals surface area contributed by atoms with E-state index in [9.17, 15) is 9.46 Å². The van der Waals surface area contributed by atoms with E-state index >= 15 is 0 Å². The summed E-state index contributed by atoms with van der Waals surface area (Å²) in [6, 6.07) is 0. The fourth-order valence-corrected chi connectivity index (χ4v) is 0.240. The molecule has 7 heteroatoms. The van der Waals surface area contributed by atoms with Crippen molar-refractivity contribution in [3.05, 3.63) is 0 Å². The summed E-state index contributed by atoms with van der Waals surface area (Å²) in [5, 5.41) is 3.36. The summed E-state index contributed by atoms with van der Waals surface area (Å²) in [4.78, 5) is 9.55. The maximum Gasteiger partial charge on any atom is 1.00 e. The SMILES string of the molecule is O=P1([O-])OOO1.[Na+]. The Morgan fingerprint density at radius 2 is 1.71 bits per heavy atom. The van der Waals surface area contributed by atoms with E-state index in [-0.39, 0.29) is 29.6 Å². The molecule has 1 saturated heterocycles. The molecule has 36 valence electrons. The van der Waals surface area contributed by atoms with Crippen LogP contribution in [0.4, 0.5) is 0 Å². The maximum absolute atomic E-state index is 9.55. The molecule has 0 unspecified atom stereocenters. The summed E-state index contributed by atoms with van der Waals surface area (Å²) in [7, 11) is -3.94. The fraction of sp³-hybridized carbons (Fsp3) is 0. The molecule has 0 atom stereocenters. The minimum Gasteiger partial charge on any atom is -0.753 e. The van der Waals surface area contributed by atoms with Gasteiger partial charge in [-0.2, -0.15) is 0 Å². The van der Waals surface area contributed by atoms with Crippen LogP contribution in [0.25, 0.3) is 0 Å².